The third-order valence-corrected chi connectivity index (χ3v) is 4.11. The van der Waals surface area contributed by atoms with Gasteiger partial charge in [0.1, 0.15) is 0 Å². The quantitative estimate of drug-likeness (QED) is 0.394. The van der Waals surface area contributed by atoms with Crippen LogP contribution in [0.1, 0.15) is 32.1 Å². The van der Waals surface area contributed by atoms with Gasteiger partial charge in [-0.15, -0.1) is 0 Å². The lowest BCUT2D eigenvalue weighted by molar-refractivity contribution is 0.243. The predicted molar refractivity (Wildman–Crippen MR) is 53.9 cm³/mol. The molecule has 1 saturated carbocycles. The maximum absolute atomic E-state index is 10.8. The molecule has 3 heteroatoms. The van der Waals surface area contributed by atoms with Crippen LogP contribution in [0.15, 0.2) is 11.8 Å². The van der Waals surface area contributed by atoms with Crippen LogP contribution >= 0.6 is 0 Å². The van der Waals surface area contributed by atoms with Gasteiger partial charge in [0.15, 0.2) is 0 Å². The molecule has 2 unspecified atom stereocenters. The van der Waals surface area contributed by atoms with E-state index in [2.05, 4.69) is 0 Å². The Labute approximate surface area is 81.8 Å². The molecule has 2 aliphatic rings. The van der Waals surface area contributed by atoms with Crippen molar-refractivity contribution in [2.24, 2.45) is 0 Å². The van der Waals surface area contributed by atoms with Gasteiger partial charge >= 0.3 is 0 Å². The SMILES string of the molecule is O=S1CC1CCOC=C1CCCC1. The van der Waals surface area contributed by atoms with Crippen molar-refractivity contribution < 1.29 is 8.95 Å². The number of allylic oxidation sites excluding steroid dienone is 1. The average Bonchev–Trinajstić information content (AvgIpc) is 2.67. The van der Waals surface area contributed by atoms with Gasteiger partial charge < -0.3 is 4.74 Å². The smallest absolute Gasteiger partial charge is 0.0885 e. The van der Waals surface area contributed by atoms with Gasteiger partial charge in [0.05, 0.1) is 12.9 Å². The molecule has 2 fully saturated rings. The normalized spacial score (nSPS) is 31.8. The van der Waals surface area contributed by atoms with Crippen molar-refractivity contribution in [3.05, 3.63) is 11.8 Å². The van der Waals surface area contributed by atoms with Crippen LogP contribution in [0.5, 0.6) is 0 Å². The minimum absolute atomic E-state index is 0.446. The van der Waals surface area contributed by atoms with Crippen LogP contribution < -0.4 is 0 Å². The third kappa shape index (κ3) is 2.83. The molecule has 1 saturated heterocycles. The van der Waals surface area contributed by atoms with E-state index in [1.165, 1.54) is 31.3 Å². The lowest BCUT2D eigenvalue weighted by atomic mass is 10.3. The largest absolute Gasteiger partial charge is 0.501 e. The minimum Gasteiger partial charge on any atom is -0.501 e. The summed E-state index contributed by atoms with van der Waals surface area (Å²) in [7, 11) is -0.505. The van der Waals surface area contributed by atoms with Gasteiger partial charge in [-0.25, -0.2) is 0 Å². The van der Waals surface area contributed by atoms with Crippen LogP contribution in [0.3, 0.4) is 0 Å². The molecule has 0 N–H and O–H groups in total. The summed E-state index contributed by atoms with van der Waals surface area (Å²) in [6, 6.07) is 0. The van der Waals surface area contributed by atoms with Crippen LogP contribution in [-0.4, -0.2) is 21.8 Å². The molecular formula is C10H16O2S. The van der Waals surface area contributed by atoms with Crippen LogP contribution in [0.4, 0.5) is 0 Å². The van der Waals surface area contributed by atoms with Crippen LogP contribution in [0.2, 0.25) is 0 Å². The average molecular weight is 200 g/mol. The summed E-state index contributed by atoms with van der Waals surface area (Å²) in [5, 5.41) is 0.446. The summed E-state index contributed by atoms with van der Waals surface area (Å²) >= 11 is 0. The summed E-state index contributed by atoms with van der Waals surface area (Å²) < 4.78 is 16.2. The van der Waals surface area contributed by atoms with E-state index >= 15 is 0 Å². The summed E-state index contributed by atoms with van der Waals surface area (Å²) in [5.74, 6) is 0.903. The van der Waals surface area contributed by atoms with Crippen molar-refractivity contribution in [1.29, 1.82) is 0 Å². The van der Waals surface area contributed by atoms with Crippen LogP contribution in [0, 0.1) is 0 Å². The van der Waals surface area contributed by atoms with E-state index in [9.17, 15) is 4.21 Å². The minimum atomic E-state index is -0.505. The van der Waals surface area contributed by atoms with E-state index in [-0.39, 0.29) is 0 Å². The van der Waals surface area contributed by atoms with Crippen molar-refractivity contribution in [3.8, 4) is 0 Å². The predicted octanol–water partition coefficient (Wildman–Crippen LogP) is 1.98. The van der Waals surface area contributed by atoms with Gasteiger partial charge in [0, 0.05) is 21.8 Å². The molecule has 2 atom stereocenters. The highest BCUT2D eigenvalue weighted by atomic mass is 32.2. The molecule has 2 nitrogen and oxygen atoms in total. The topological polar surface area (TPSA) is 26.3 Å². The number of ether oxygens (including phenoxy) is 1. The number of hydrogen-bond donors (Lipinski definition) is 0. The van der Waals surface area contributed by atoms with Gasteiger partial charge in [-0.2, -0.15) is 0 Å². The van der Waals surface area contributed by atoms with E-state index in [1.807, 2.05) is 6.26 Å². The maximum Gasteiger partial charge on any atom is 0.0885 e. The fraction of sp³-hybridized carbons (Fsp3) is 0.800. The molecule has 2 rings (SSSR count). The Morgan fingerprint density at radius 1 is 1.46 bits per heavy atom. The molecular weight excluding hydrogens is 184 g/mol. The highest BCUT2D eigenvalue weighted by Gasteiger charge is 2.32. The zero-order valence-corrected chi connectivity index (χ0v) is 8.65. The molecule has 0 aromatic heterocycles. The second kappa shape index (κ2) is 4.27. The van der Waals surface area contributed by atoms with E-state index in [4.69, 9.17) is 4.74 Å². The summed E-state index contributed by atoms with van der Waals surface area (Å²) in [5.41, 5.74) is 1.46. The van der Waals surface area contributed by atoms with Gasteiger partial charge in [-0.3, -0.25) is 4.21 Å². The van der Waals surface area contributed by atoms with Crippen molar-refractivity contribution in [2.45, 2.75) is 37.4 Å². The Morgan fingerprint density at radius 3 is 2.77 bits per heavy atom. The van der Waals surface area contributed by atoms with E-state index in [0.717, 1.165) is 18.8 Å². The number of rotatable bonds is 4. The lowest BCUT2D eigenvalue weighted by Gasteiger charge is -2.00. The Balaban J connectivity index is 1.57. The monoisotopic (exact) mass is 200 g/mol. The van der Waals surface area contributed by atoms with Gasteiger partial charge in [-0.1, -0.05) is 0 Å². The molecule has 0 bridgehead atoms. The second-order valence-electron chi connectivity index (χ2n) is 3.81. The summed E-state index contributed by atoms with van der Waals surface area (Å²) in [4.78, 5) is 0. The van der Waals surface area contributed by atoms with Gasteiger partial charge in [0.25, 0.3) is 0 Å². The zero-order valence-electron chi connectivity index (χ0n) is 7.83. The molecule has 1 heterocycles. The fourth-order valence-corrected chi connectivity index (χ4v) is 2.66. The molecule has 0 aromatic rings. The number of hydrogen-bond acceptors (Lipinski definition) is 2. The standard InChI is InChI=1S/C10H16O2S/c11-13-8-10(13)5-6-12-7-9-3-1-2-4-9/h7,10H,1-6,8H2. The van der Waals surface area contributed by atoms with Crippen molar-refractivity contribution in [3.63, 3.8) is 0 Å². The molecule has 74 valence electrons. The van der Waals surface area contributed by atoms with Crippen molar-refractivity contribution >= 4 is 10.8 Å². The Kier molecular flexibility index (Phi) is 3.04. The van der Waals surface area contributed by atoms with E-state index < -0.39 is 10.8 Å². The molecule has 0 aromatic carbocycles. The first-order valence-electron chi connectivity index (χ1n) is 5.03. The molecule has 0 amide bonds. The fourth-order valence-electron chi connectivity index (χ4n) is 1.68. The zero-order chi connectivity index (χ0) is 9.10. The highest BCUT2D eigenvalue weighted by Crippen LogP contribution is 2.24. The summed E-state index contributed by atoms with van der Waals surface area (Å²) in [6.07, 6.45) is 7.98. The van der Waals surface area contributed by atoms with Gasteiger partial charge in [0.2, 0.25) is 0 Å². The molecule has 0 radical (unpaired) electrons. The highest BCUT2D eigenvalue weighted by molar-refractivity contribution is 7.92. The first kappa shape index (κ1) is 9.25. The molecule has 1 aliphatic heterocycles. The van der Waals surface area contributed by atoms with E-state index in [0.29, 0.717) is 5.25 Å². The first-order chi connectivity index (χ1) is 6.36. The van der Waals surface area contributed by atoms with Crippen molar-refractivity contribution in [2.75, 3.05) is 12.4 Å². The summed E-state index contributed by atoms with van der Waals surface area (Å²) in [6.45, 7) is 0.750. The Morgan fingerprint density at radius 2 is 2.15 bits per heavy atom. The van der Waals surface area contributed by atoms with Gasteiger partial charge in [-0.05, 0) is 37.7 Å². The molecule has 13 heavy (non-hydrogen) atoms. The Bertz CT molecular complexity index is 227. The van der Waals surface area contributed by atoms with Crippen LogP contribution in [0.25, 0.3) is 0 Å². The first-order valence-corrected chi connectivity index (χ1v) is 6.41. The second-order valence-corrected chi connectivity index (χ2v) is 5.57. The van der Waals surface area contributed by atoms with E-state index in [1.54, 1.807) is 0 Å². The Hall–Kier alpha value is -0.310. The molecule has 1 aliphatic carbocycles. The maximum atomic E-state index is 10.8. The lowest BCUT2D eigenvalue weighted by Crippen LogP contribution is -1.94. The molecule has 0 spiro atoms. The third-order valence-electron chi connectivity index (χ3n) is 2.66. The van der Waals surface area contributed by atoms with Crippen LogP contribution in [-0.2, 0) is 15.5 Å². The van der Waals surface area contributed by atoms with Crippen molar-refractivity contribution in [1.82, 2.24) is 0 Å².